The summed E-state index contributed by atoms with van der Waals surface area (Å²) in [4.78, 5) is 45.3. The second-order valence-electron chi connectivity index (χ2n) is 9.17. The molecule has 0 aliphatic heterocycles. The molecule has 0 atom stereocenters. The minimum absolute atomic E-state index is 0. The first-order chi connectivity index (χ1) is 22.5. The van der Waals surface area contributed by atoms with Gasteiger partial charge in [0.15, 0.2) is 5.78 Å². The van der Waals surface area contributed by atoms with Crippen LogP contribution in [-0.4, -0.2) is 51.4 Å². The van der Waals surface area contributed by atoms with Gasteiger partial charge >= 0.3 is 103 Å². The van der Waals surface area contributed by atoms with Gasteiger partial charge in [0.05, 0.1) is 11.9 Å². The number of nitrogens with two attached hydrogens (primary N) is 1. The van der Waals surface area contributed by atoms with Crippen molar-refractivity contribution < 1.29 is 129 Å². The van der Waals surface area contributed by atoms with Gasteiger partial charge in [-0.25, -0.2) is 0 Å². The molecule has 2 aromatic carbocycles. The molecule has 0 radical (unpaired) electrons. The second-order valence-corrected chi connectivity index (χ2v) is 14.2. The Labute approximate surface area is 408 Å². The first kappa shape index (κ1) is 51.6. The molecule has 0 unspecified atom stereocenters. The van der Waals surface area contributed by atoms with Crippen molar-refractivity contribution in [3.8, 4) is 0 Å². The molecular weight excluding hydrogens is 914 g/mol. The van der Waals surface area contributed by atoms with E-state index >= 15 is 0 Å². The van der Waals surface area contributed by atoms with Crippen LogP contribution in [0.5, 0.6) is 0 Å². The fraction of sp³-hybridized carbons (Fsp3) is 0.242. The average molecular weight is 952 g/mol. The number of hydrogen-bond acceptors (Lipinski definition) is 11. The van der Waals surface area contributed by atoms with E-state index < -0.39 is 0 Å². The molecule has 4 rings (SSSR count). The van der Waals surface area contributed by atoms with Gasteiger partial charge in [-0.1, -0.05) is 65.2 Å². The number of benzene rings is 2. The predicted octanol–water partition coefficient (Wildman–Crippen LogP) is 2.23. The molecule has 254 valence electrons. The molecule has 4 aromatic rings. The Morgan fingerprint density at radius 2 is 1.27 bits per heavy atom. The Bertz CT molecular complexity index is 1540. The van der Waals surface area contributed by atoms with Crippen molar-refractivity contribution in [3.05, 3.63) is 105 Å². The van der Waals surface area contributed by atoms with E-state index in [-0.39, 0.29) is 129 Å². The zero-order valence-corrected chi connectivity index (χ0v) is 40.9. The molecular formula is C33H37Br3K2N4O5S2. The molecule has 0 spiro atoms. The van der Waals surface area contributed by atoms with E-state index in [1.807, 2.05) is 81.4 Å². The summed E-state index contributed by atoms with van der Waals surface area (Å²) >= 11 is 13.1. The minimum atomic E-state index is -0.181. The number of Topliss-reactive ketones (excluding diaryl/α,β-unsaturated/α-hetero) is 2. The van der Waals surface area contributed by atoms with Gasteiger partial charge in [0.2, 0.25) is 5.78 Å². The van der Waals surface area contributed by atoms with Crippen LogP contribution < -0.4 is 119 Å². The van der Waals surface area contributed by atoms with E-state index in [0.717, 1.165) is 41.6 Å². The molecule has 0 fully saturated rings. The number of aromatic nitrogens is 2. The molecule has 0 saturated carbocycles. The van der Waals surface area contributed by atoms with E-state index in [0.29, 0.717) is 16.7 Å². The van der Waals surface area contributed by atoms with Crippen molar-refractivity contribution in [3.63, 3.8) is 0 Å². The van der Waals surface area contributed by atoms with Crippen LogP contribution in [0.3, 0.4) is 0 Å². The molecule has 0 saturated heterocycles. The zero-order chi connectivity index (χ0) is 35.2. The molecule has 2 aromatic heterocycles. The summed E-state index contributed by atoms with van der Waals surface area (Å²) in [5.41, 5.74) is 10.7. The van der Waals surface area contributed by atoms with Crippen LogP contribution in [0.1, 0.15) is 47.4 Å². The monoisotopic (exact) mass is 948 g/mol. The number of nitrogens with one attached hydrogen (secondary N) is 1. The number of carbonyl (C=O) groups is 3. The van der Waals surface area contributed by atoms with Crippen molar-refractivity contribution >= 4 is 101 Å². The number of carbonyl (C=O) groups excluding carboxylic acids is 3. The van der Waals surface area contributed by atoms with Gasteiger partial charge < -0.3 is 22.6 Å². The standard InChI is InChI=1S/C16H17BrN2OS.C9H9Br2NOS.C7H9N.CH2O3.2K.H/c1-3-21-15-8-12(17)9-19-16(15)14(20)10-18-13-6-4-11(2)5-7-13;1-2-14-8-3-6(11)5-12-9(8)7(13)4-10;1-6-2-4-7(8)5-3-6;2-1-4-3;;;/h4-9,18H,3,10H2,1-2H3;3,5H,2,4H2,1H3;2-5H,8H2,1H3;1,3H;;;/q;;;;2*+1;-1/p-1. The second kappa shape index (κ2) is 30.9. The fourth-order valence-electron chi connectivity index (χ4n) is 3.36. The summed E-state index contributed by atoms with van der Waals surface area (Å²) in [6, 6.07) is 19.6. The van der Waals surface area contributed by atoms with E-state index in [1.54, 1.807) is 35.9 Å². The summed E-state index contributed by atoms with van der Waals surface area (Å²) in [5.74, 6) is 1.86. The predicted molar refractivity (Wildman–Crippen MR) is 203 cm³/mol. The van der Waals surface area contributed by atoms with Gasteiger partial charge in [0.1, 0.15) is 11.4 Å². The molecule has 0 aliphatic rings. The minimum Gasteiger partial charge on any atom is -1.00 e. The molecule has 9 nitrogen and oxygen atoms in total. The van der Waals surface area contributed by atoms with Crippen LogP contribution >= 0.6 is 71.3 Å². The number of aryl methyl sites for hydroxylation is 2. The van der Waals surface area contributed by atoms with Gasteiger partial charge in [-0.3, -0.25) is 24.4 Å². The SMILES string of the molecule is CCSc1cc(Br)cnc1C(=O)CBr.CCSc1cc(Br)cnc1C(=O)CNc1ccc(C)cc1.Cc1ccc(N)cc1.O=CO[O-].[H-].[K+].[K+]. The summed E-state index contributed by atoms with van der Waals surface area (Å²) in [5, 5.41) is 11.9. The van der Waals surface area contributed by atoms with Crippen molar-refractivity contribution in [2.24, 2.45) is 0 Å². The molecule has 16 heteroatoms. The zero-order valence-electron chi connectivity index (χ0n) is 29.3. The maximum Gasteiger partial charge on any atom is 1.00 e. The van der Waals surface area contributed by atoms with Gasteiger partial charge in [0, 0.05) is 42.5 Å². The number of halogens is 3. The smallest absolute Gasteiger partial charge is 1.00 e. The Kier molecular flexibility index (Phi) is 32.6. The largest absolute Gasteiger partial charge is 1.00 e. The molecule has 2 heterocycles. The summed E-state index contributed by atoms with van der Waals surface area (Å²) in [6.45, 7) is 8.25. The van der Waals surface area contributed by atoms with Crippen LogP contribution in [0.2, 0.25) is 0 Å². The van der Waals surface area contributed by atoms with E-state index in [4.69, 9.17) is 15.8 Å². The number of anilines is 2. The van der Waals surface area contributed by atoms with E-state index in [2.05, 4.69) is 74.9 Å². The van der Waals surface area contributed by atoms with Gasteiger partial charge in [0.25, 0.3) is 6.47 Å². The quantitative estimate of drug-likeness (QED) is 0.0334. The van der Waals surface area contributed by atoms with Gasteiger partial charge in [-0.2, -0.15) is 0 Å². The summed E-state index contributed by atoms with van der Waals surface area (Å²) in [6.07, 6.45) is 3.31. The van der Waals surface area contributed by atoms with Crippen LogP contribution in [0.15, 0.2) is 91.8 Å². The number of thioether (sulfide) groups is 2. The molecule has 49 heavy (non-hydrogen) atoms. The van der Waals surface area contributed by atoms with Gasteiger partial charge in [-0.05, 0) is 93.6 Å². The maximum absolute atomic E-state index is 12.3. The van der Waals surface area contributed by atoms with Crippen molar-refractivity contribution in [2.75, 3.05) is 34.4 Å². The van der Waals surface area contributed by atoms with Crippen LogP contribution in [-0.2, 0) is 9.68 Å². The number of alkyl halides is 1. The number of ketones is 2. The van der Waals surface area contributed by atoms with Crippen molar-refractivity contribution in [1.29, 1.82) is 0 Å². The fourth-order valence-corrected chi connectivity index (χ4v) is 6.24. The third-order valence-corrected chi connectivity index (χ3v) is 8.71. The molecule has 3 N–H and O–H groups in total. The van der Waals surface area contributed by atoms with Crippen molar-refractivity contribution in [1.82, 2.24) is 9.97 Å². The topological polar surface area (TPSA) is 147 Å². The number of rotatable bonds is 11. The van der Waals surface area contributed by atoms with Crippen LogP contribution in [0, 0.1) is 13.8 Å². The Hall–Kier alpha value is 0.523. The van der Waals surface area contributed by atoms with E-state index in [1.165, 1.54) is 11.1 Å². The first-order valence-electron chi connectivity index (χ1n) is 14.0. The third kappa shape index (κ3) is 22.4. The number of hydrogen-bond donors (Lipinski definition) is 2. The van der Waals surface area contributed by atoms with Crippen molar-refractivity contribution in [2.45, 2.75) is 37.5 Å². The Morgan fingerprint density at radius 1 is 0.857 bits per heavy atom. The van der Waals surface area contributed by atoms with Crippen LogP contribution in [0.25, 0.3) is 0 Å². The number of pyridine rings is 2. The molecule has 0 bridgehead atoms. The Morgan fingerprint density at radius 3 is 1.63 bits per heavy atom. The summed E-state index contributed by atoms with van der Waals surface area (Å²) in [7, 11) is 0. The number of nitrogen functional groups attached to an aromatic ring is 1. The number of nitrogens with zero attached hydrogens (tertiary/aromatic N) is 2. The van der Waals surface area contributed by atoms with Gasteiger partial charge in [-0.15, -0.1) is 23.5 Å². The van der Waals surface area contributed by atoms with E-state index in [9.17, 15) is 9.59 Å². The summed E-state index contributed by atoms with van der Waals surface area (Å²) < 4.78 is 1.79. The maximum atomic E-state index is 12.3. The molecule has 0 aliphatic carbocycles. The average Bonchev–Trinajstić information content (AvgIpc) is 3.06. The third-order valence-electron chi connectivity index (χ3n) is 5.51. The van der Waals surface area contributed by atoms with Crippen LogP contribution in [0.4, 0.5) is 11.4 Å². The molecule has 0 amide bonds. The first-order valence-corrected chi connectivity index (χ1v) is 18.7. The normalized spacial score (nSPS) is 9.31. The Balaban J connectivity index is -0.000000660.